The Labute approximate surface area is 154 Å². The maximum Gasteiger partial charge on any atom is 0.347 e. The summed E-state index contributed by atoms with van der Waals surface area (Å²) in [5.41, 5.74) is 1.57. The Morgan fingerprint density at radius 1 is 0.962 bits per heavy atom. The smallest absolute Gasteiger partial charge is 0.347 e. The van der Waals surface area contributed by atoms with Crippen molar-refractivity contribution in [2.75, 3.05) is 6.61 Å². The van der Waals surface area contributed by atoms with Gasteiger partial charge in [0.2, 0.25) is 0 Å². The van der Waals surface area contributed by atoms with Gasteiger partial charge in [-0.1, -0.05) is 44.2 Å². The lowest BCUT2D eigenvalue weighted by atomic mass is 10.2. The molecule has 0 saturated carbocycles. The molecule has 1 N–H and O–H groups in total. The zero-order chi connectivity index (χ0) is 18.9. The van der Waals surface area contributed by atoms with Gasteiger partial charge in [-0.3, -0.25) is 4.79 Å². The van der Waals surface area contributed by atoms with E-state index in [1.165, 1.54) is 0 Å². The molecule has 1 atom stereocenters. The molecule has 2 rings (SSSR count). The van der Waals surface area contributed by atoms with Crippen molar-refractivity contribution < 1.29 is 19.1 Å². The summed E-state index contributed by atoms with van der Waals surface area (Å²) in [4.78, 5) is 24.0. The normalized spacial score (nSPS) is 11.7. The Morgan fingerprint density at radius 2 is 1.62 bits per heavy atom. The van der Waals surface area contributed by atoms with Gasteiger partial charge in [0, 0.05) is 12.1 Å². The molecule has 1 amide bonds. The second-order valence-corrected chi connectivity index (χ2v) is 6.48. The number of nitrogens with one attached hydrogen (secondary N) is 1. The summed E-state index contributed by atoms with van der Waals surface area (Å²) in [7, 11) is 0. The molecule has 5 nitrogen and oxygen atoms in total. The molecule has 138 valence electrons. The van der Waals surface area contributed by atoms with Crippen molar-refractivity contribution in [3.05, 3.63) is 65.7 Å². The van der Waals surface area contributed by atoms with Crippen LogP contribution in [-0.2, 0) is 16.1 Å². The summed E-state index contributed by atoms with van der Waals surface area (Å²) < 4.78 is 10.7. The topological polar surface area (TPSA) is 64.6 Å². The minimum atomic E-state index is -0.702. The number of rotatable bonds is 8. The number of benzene rings is 2. The van der Waals surface area contributed by atoms with Crippen LogP contribution in [0.5, 0.6) is 5.75 Å². The second-order valence-electron chi connectivity index (χ2n) is 6.48. The summed E-state index contributed by atoms with van der Waals surface area (Å²) in [5.74, 6) is 0.228. The highest BCUT2D eigenvalue weighted by atomic mass is 16.6. The van der Waals surface area contributed by atoms with Crippen LogP contribution in [0.4, 0.5) is 0 Å². The number of esters is 1. The molecule has 0 aliphatic rings. The van der Waals surface area contributed by atoms with E-state index in [-0.39, 0.29) is 11.8 Å². The van der Waals surface area contributed by atoms with Crippen molar-refractivity contribution in [1.82, 2.24) is 5.32 Å². The zero-order valence-corrected chi connectivity index (χ0v) is 15.4. The molecule has 0 bridgehead atoms. The molecule has 0 aliphatic carbocycles. The van der Waals surface area contributed by atoms with Crippen LogP contribution in [0.1, 0.15) is 36.7 Å². The van der Waals surface area contributed by atoms with E-state index in [0.717, 1.165) is 5.56 Å². The highest BCUT2D eigenvalue weighted by Crippen LogP contribution is 2.15. The molecule has 0 aliphatic heterocycles. The van der Waals surface area contributed by atoms with Crippen LogP contribution in [0.3, 0.4) is 0 Å². The average molecular weight is 355 g/mol. The minimum absolute atomic E-state index is 0.162. The molecule has 0 saturated heterocycles. The highest BCUT2D eigenvalue weighted by Gasteiger charge is 2.17. The Bertz CT molecular complexity index is 711. The van der Waals surface area contributed by atoms with Crippen molar-refractivity contribution >= 4 is 11.9 Å². The Hall–Kier alpha value is -2.82. The molecule has 0 aromatic heterocycles. The quantitative estimate of drug-likeness (QED) is 0.735. The predicted molar refractivity (Wildman–Crippen MR) is 99.9 cm³/mol. The van der Waals surface area contributed by atoms with Gasteiger partial charge in [-0.05, 0) is 42.7 Å². The number of amides is 1. The van der Waals surface area contributed by atoms with Gasteiger partial charge in [-0.15, -0.1) is 0 Å². The molecule has 0 spiro atoms. The van der Waals surface area contributed by atoms with Crippen LogP contribution in [0, 0.1) is 5.92 Å². The van der Waals surface area contributed by atoms with E-state index < -0.39 is 12.1 Å². The van der Waals surface area contributed by atoms with Crippen LogP contribution >= 0.6 is 0 Å². The van der Waals surface area contributed by atoms with Gasteiger partial charge in [-0.2, -0.15) is 0 Å². The number of hydrogen-bond acceptors (Lipinski definition) is 4. The van der Waals surface area contributed by atoms with E-state index in [2.05, 4.69) is 5.32 Å². The molecular formula is C21H25NO4. The fraction of sp³-hybridized carbons (Fsp3) is 0.333. The lowest BCUT2D eigenvalue weighted by molar-refractivity contribution is -0.152. The van der Waals surface area contributed by atoms with Crippen molar-refractivity contribution in [3.63, 3.8) is 0 Å². The third kappa shape index (κ3) is 6.24. The van der Waals surface area contributed by atoms with Crippen LogP contribution < -0.4 is 10.1 Å². The largest absolute Gasteiger partial charge is 0.479 e. The van der Waals surface area contributed by atoms with Gasteiger partial charge in [0.1, 0.15) is 5.75 Å². The minimum Gasteiger partial charge on any atom is -0.479 e. The summed E-state index contributed by atoms with van der Waals surface area (Å²) >= 11 is 0. The fourth-order valence-corrected chi connectivity index (χ4v) is 2.18. The first-order valence-corrected chi connectivity index (χ1v) is 8.71. The van der Waals surface area contributed by atoms with Gasteiger partial charge in [0.25, 0.3) is 5.91 Å². The number of carbonyl (C=O) groups is 2. The van der Waals surface area contributed by atoms with Gasteiger partial charge in [-0.25, -0.2) is 4.79 Å². The van der Waals surface area contributed by atoms with E-state index in [4.69, 9.17) is 9.47 Å². The number of hydrogen-bond donors (Lipinski definition) is 1. The molecule has 26 heavy (non-hydrogen) atoms. The molecular weight excluding hydrogens is 330 g/mol. The molecule has 0 heterocycles. The molecule has 2 aromatic carbocycles. The van der Waals surface area contributed by atoms with Crippen LogP contribution in [0.2, 0.25) is 0 Å². The lowest BCUT2D eigenvalue weighted by Crippen LogP contribution is -2.27. The van der Waals surface area contributed by atoms with E-state index in [1.807, 2.05) is 44.2 Å². The van der Waals surface area contributed by atoms with E-state index >= 15 is 0 Å². The first-order chi connectivity index (χ1) is 12.5. The van der Waals surface area contributed by atoms with Crippen molar-refractivity contribution in [1.29, 1.82) is 0 Å². The standard InChI is InChI=1S/C21H25NO4/c1-15(2)14-25-21(24)16(3)26-19-11-9-18(10-12-19)20(23)22-13-17-7-5-4-6-8-17/h4-12,15-16H,13-14H2,1-3H3,(H,22,23)/t16-/m0/s1. The maximum absolute atomic E-state index is 12.2. The van der Waals surface area contributed by atoms with Gasteiger partial charge in [0.05, 0.1) is 6.61 Å². The third-order valence-electron chi connectivity index (χ3n) is 3.62. The first kappa shape index (κ1) is 19.5. The zero-order valence-electron chi connectivity index (χ0n) is 15.4. The highest BCUT2D eigenvalue weighted by molar-refractivity contribution is 5.94. The molecule has 2 aromatic rings. The summed E-state index contributed by atoms with van der Waals surface area (Å²) in [6.07, 6.45) is -0.702. The van der Waals surface area contributed by atoms with E-state index in [9.17, 15) is 9.59 Å². The SMILES string of the molecule is CC(C)COC(=O)[C@H](C)Oc1ccc(C(=O)NCc2ccccc2)cc1. The summed E-state index contributed by atoms with van der Waals surface area (Å²) in [5, 5.41) is 2.87. The first-order valence-electron chi connectivity index (χ1n) is 8.71. The van der Waals surface area contributed by atoms with Gasteiger partial charge < -0.3 is 14.8 Å². The van der Waals surface area contributed by atoms with Crippen LogP contribution in [-0.4, -0.2) is 24.6 Å². The Kier molecular flexibility index (Phi) is 7.21. The molecule has 5 heteroatoms. The maximum atomic E-state index is 12.2. The van der Waals surface area contributed by atoms with E-state index in [1.54, 1.807) is 31.2 Å². The van der Waals surface area contributed by atoms with Gasteiger partial charge in [0.15, 0.2) is 6.10 Å². The monoisotopic (exact) mass is 355 g/mol. The fourth-order valence-electron chi connectivity index (χ4n) is 2.18. The Balaban J connectivity index is 1.85. The van der Waals surface area contributed by atoms with Crippen LogP contribution in [0.15, 0.2) is 54.6 Å². The lowest BCUT2D eigenvalue weighted by Gasteiger charge is -2.15. The van der Waals surface area contributed by atoms with Crippen molar-refractivity contribution in [2.24, 2.45) is 5.92 Å². The summed E-state index contributed by atoms with van der Waals surface area (Å²) in [6.45, 7) is 6.42. The van der Waals surface area contributed by atoms with E-state index in [0.29, 0.717) is 24.5 Å². The number of ether oxygens (including phenoxy) is 2. The Morgan fingerprint density at radius 3 is 2.23 bits per heavy atom. The molecule has 0 radical (unpaired) electrons. The average Bonchev–Trinajstić information content (AvgIpc) is 2.65. The second kappa shape index (κ2) is 9.61. The number of carbonyl (C=O) groups excluding carboxylic acids is 2. The predicted octanol–water partition coefficient (Wildman–Crippen LogP) is 3.58. The van der Waals surface area contributed by atoms with Gasteiger partial charge >= 0.3 is 5.97 Å². The molecule has 0 unspecified atom stereocenters. The van der Waals surface area contributed by atoms with Crippen LogP contribution in [0.25, 0.3) is 0 Å². The molecule has 0 fully saturated rings. The summed E-state index contributed by atoms with van der Waals surface area (Å²) in [6, 6.07) is 16.4. The third-order valence-corrected chi connectivity index (χ3v) is 3.62. The van der Waals surface area contributed by atoms with Crippen molar-refractivity contribution in [2.45, 2.75) is 33.4 Å². The van der Waals surface area contributed by atoms with Crippen molar-refractivity contribution in [3.8, 4) is 5.75 Å².